The van der Waals surface area contributed by atoms with Crippen LogP contribution in [0.1, 0.15) is 6.92 Å². The van der Waals surface area contributed by atoms with Gasteiger partial charge in [-0.1, -0.05) is 0 Å². The van der Waals surface area contributed by atoms with Gasteiger partial charge in [-0.3, -0.25) is 0 Å². The molecular formula is C5H7NO2. The molecule has 0 bridgehead atoms. The van der Waals surface area contributed by atoms with Gasteiger partial charge in [0.1, 0.15) is 0 Å². The van der Waals surface area contributed by atoms with E-state index in [1.807, 2.05) is 0 Å². The van der Waals surface area contributed by atoms with Crippen LogP contribution >= 0.6 is 0 Å². The number of carboxylic acids is 1. The summed E-state index contributed by atoms with van der Waals surface area (Å²) in [6.45, 7) is 1.44. The first-order chi connectivity index (χ1) is 3.68. The van der Waals surface area contributed by atoms with Crippen LogP contribution in [0.2, 0.25) is 0 Å². The fourth-order valence-electron chi connectivity index (χ4n) is 0.196. The number of hydrogen-bond donors (Lipinski definition) is 2. The van der Waals surface area contributed by atoms with Crippen molar-refractivity contribution in [3.63, 3.8) is 0 Å². The largest absolute Gasteiger partial charge is 0.478 e. The predicted octanol–water partition coefficient (Wildman–Crippen LogP) is 0.667. The maximum atomic E-state index is 9.92. The van der Waals surface area contributed by atoms with E-state index in [4.69, 9.17) is 10.5 Å². The van der Waals surface area contributed by atoms with E-state index in [1.54, 1.807) is 0 Å². The van der Waals surface area contributed by atoms with Crippen molar-refractivity contribution in [2.75, 3.05) is 0 Å². The first kappa shape index (κ1) is 6.88. The van der Waals surface area contributed by atoms with E-state index in [-0.39, 0.29) is 5.57 Å². The second-order valence-electron chi connectivity index (χ2n) is 1.32. The van der Waals surface area contributed by atoms with Crippen molar-refractivity contribution in [1.29, 1.82) is 5.41 Å². The SMILES string of the molecule is C/C(=C\C=N)C(=O)O. The Labute approximate surface area is 47.2 Å². The third-order valence-corrected chi connectivity index (χ3v) is 0.671. The van der Waals surface area contributed by atoms with Gasteiger partial charge in [0.05, 0.1) is 0 Å². The summed E-state index contributed by atoms with van der Waals surface area (Å²) in [5, 5.41) is 14.6. The lowest BCUT2D eigenvalue weighted by Gasteiger charge is -1.84. The van der Waals surface area contributed by atoms with Gasteiger partial charge in [0.15, 0.2) is 0 Å². The predicted molar refractivity (Wildman–Crippen MR) is 30.2 cm³/mol. The topological polar surface area (TPSA) is 61.2 Å². The first-order valence-corrected chi connectivity index (χ1v) is 2.09. The summed E-state index contributed by atoms with van der Waals surface area (Å²) in [6.07, 6.45) is 2.17. The minimum atomic E-state index is -0.978. The van der Waals surface area contributed by atoms with E-state index in [9.17, 15) is 4.79 Å². The molecule has 0 rings (SSSR count). The number of nitrogens with one attached hydrogen (secondary N) is 1. The molecule has 0 saturated heterocycles. The molecule has 0 atom stereocenters. The molecule has 2 N–H and O–H groups in total. The van der Waals surface area contributed by atoms with Crippen LogP contribution in [0.4, 0.5) is 0 Å². The van der Waals surface area contributed by atoms with Crippen LogP contribution in [0.5, 0.6) is 0 Å². The molecule has 0 amide bonds. The first-order valence-electron chi connectivity index (χ1n) is 2.09. The lowest BCUT2D eigenvalue weighted by Crippen LogP contribution is -1.95. The normalized spacial score (nSPS) is 10.9. The molecule has 3 nitrogen and oxygen atoms in total. The number of rotatable bonds is 2. The second-order valence-corrected chi connectivity index (χ2v) is 1.32. The highest BCUT2D eigenvalue weighted by molar-refractivity contribution is 5.90. The Hall–Kier alpha value is -1.12. The quantitative estimate of drug-likeness (QED) is 0.408. The molecule has 0 aromatic carbocycles. The maximum Gasteiger partial charge on any atom is 0.331 e. The van der Waals surface area contributed by atoms with E-state index < -0.39 is 5.97 Å². The average molecular weight is 113 g/mol. The summed E-state index contributed by atoms with van der Waals surface area (Å²) in [7, 11) is 0. The van der Waals surface area contributed by atoms with Crippen LogP contribution in [0, 0.1) is 5.41 Å². The number of carboxylic acid groups (broad SMARTS) is 1. The number of allylic oxidation sites excluding steroid dienone is 1. The van der Waals surface area contributed by atoms with Crippen molar-refractivity contribution in [3.05, 3.63) is 11.6 Å². The van der Waals surface area contributed by atoms with Crippen molar-refractivity contribution in [1.82, 2.24) is 0 Å². The number of carbonyl (C=O) groups is 1. The molecular weight excluding hydrogens is 106 g/mol. The van der Waals surface area contributed by atoms with E-state index in [0.29, 0.717) is 0 Å². The highest BCUT2D eigenvalue weighted by atomic mass is 16.4. The molecule has 0 aromatic heterocycles. The second kappa shape index (κ2) is 2.96. The van der Waals surface area contributed by atoms with Gasteiger partial charge in [-0.2, -0.15) is 0 Å². The highest BCUT2D eigenvalue weighted by Crippen LogP contribution is 1.87. The summed E-state index contributed by atoms with van der Waals surface area (Å²) in [6, 6.07) is 0. The molecule has 0 aromatic rings. The van der Waals surface area contributed by atoms with Crippen LogP contribution < -0.4 is 0 Å². The zero-order chi connectivity index (χ0) is 6.57. The lowest BCUT2D eigenvalue weighted by molar-refractivity contribution is -0.132. The minimum Gasteiger partial charge on any atom is -0.478 e. The monoisotopic (exact) mass is 113 g/mol. The van der Waals surface area contributed by atoms with Crippen LogP contribution in [0.15, 0.2) is 11.6 Å². The van der Waals surface area contributed by atoms with Gasteiger partial charge in [0.25, 0.3) is 0 Å². The van der Waals surface area contributed by atoms with Crippen molar-refractivity contribution in [3.8, 4) is 0 Å². The van der Waals surface area contributed by atoms with Crippen LogP contribution in [0.25, 0.3) is 0 Å². The van der Waals surface area contributed by atoms with Crippen molar-refractivity contribution < 1.29 is 9.90 Å². The molecule has 0 heterocycles. The van der Waals surface area contributed by atoms with Crippen LogP contribution in [-0.2, 0) is 4.79 Å². The molecule has 0 radical (unpaired) electrons. The van der Waals surface area contributed by atoms with E-state index in [0.717, 1.165) is 6.21 Å². The molecule has 0 fully saturated rings. The Morgan fingerprint density at radius 3 is 2.38 bits per heavy atom. The zero-order valence-corrected chi connectivity index (χ0v) is 4.51. The van der Waals surface area contributed by atoms with Gasteiger partial charge >= 0.3 is 5.97 Å². The maximum absolute atomic E-state index is 9.92. The smallest absolute Gasteiger partial charge is 0.331 e. The van der Waals surface area contributed by atoms with E-state index in [2.05, 4.69) is 0 Å². The van der Waals surface area contributed by atoms with Crippen LogP contribution in [-0.4, -0.2) is 17.3 Å². The summed E-state index contributed by atoms with van der Waals surface area (Å²) < 4.78 is 0. The third kappa shape index (κ3) is 2.12. The van der Waals surface area contributed by atoms with Crippen molar-refractivity contribution >= 4 is 12.2 Å². The lowest BCUT2D eigenvalue weighted by atomic mass is 10.3. The van der Waals surface area contributed by atoms with Gasteiger partial charge in [0.2, 0.25) is 0 Å². The summed E-state index contributed by atoms with van der Waals surface area (Å²) in [4.78, 5) is 9.92. The highest BCUT2D eigenvalue weighted by Gasteiger charge is 1.94. The molecule has 0 spiro atoms. The Kier molecular flexibility index (Phi) is 2.54. The van der Waals surface area contributed by atoms with E-state index >= 15 is 0 Å². The molecule has 0 aliphatic rings. The Balaban J connectivity index is 3.99. The minimum absolute atomic E-state index is 0.181. The summed E-state index contributed by atoms with van der Waals surface area (Å²) in [5.41, 5.74) is 0.181. The molecule has 8 heavy (non-hydrogen) atoms. The van der Waals surface area contributed by atoms with Crippen molar-refractivity contribution in [2.24, 2.45) is 0 Å². The molecule has 0 aliphatic carbocycles. The Morgan fingerprint density at radius 2 is 2.25 bits per heavy atom. The van der Waals surface area contributed by atoms with Gasteiger partial charge in [0, 0.05) is 11.8 Å². The number of aliphatic carboxylic acids is 1. The van der Waals surface area contributed by atoms with Gasteiger partial charge in [-0.15, -0.1) is 0 Å². The van der Waals surface area contributed by atoms with Gasteiger partial charge < -0.3 is 10.5 Å². The van der Waals surface area contributed by atoms with Crippen molar-refractivity contribution in [2.45, 2.75) is 6.92 Å². The van der Waals surface area contributed by atoms with Crippen LogP contribution in [0.3, 0.4) is 0 Å². The molecule has 44 valence electrons. The average Bonchev–Trinajstić information content (AvgIpc) is 1.67. The molecule has 0 saturated carbocycles. The number of hydrogen-bond acceptors (Lipinski definition) is 2. The summed E-state index contributed by atoms with van der Waals surface area (Å²) in [5.74, 6) is -0.978. The third-order valence-electron chi connectivity index (χ3n) is 0.671. The molecule has 3 heteroatoms. The fraction of sp³-hybridized carbons (Fsp3) is 0.200. The Morgan fingerprint density at radius 1 is 1.75 bits per heavy atom. The summed E-state index contributed by atoms with van der Waals surface area (Å²) >= 11 is 0. The standard InChI is InChI=1S/C5H7NO2/c1-4(2-3-6)5(7)8/h2-3,6H,1H3,(H,7,8)/b4-2+,6-3?. The van der Waals surface area contributed by atoms with Gasteiger partial charge in [-0.25, -0.2) is 4.79 Å². The molecule has 0 unspecified atom stereocenters. The van der Waals surface area contributed by atoms with E-state index in [1.165, 1.54) is 13.0 Å². The Bertz CT molecular complexity index is 137. The molecule has 0 aliphatic heterocycles. The zero-order valence-electron chi connectivity index (χ0n) is 4.51. The van der Waals surface area contributed by atoms with Gasteiger partial charge in [-0.05, 0) is 13.0 Å². The fourth-order valence-corrected chi connectivity index (χ4v) is 0.196.